The van der Waals surface area contributed by atoms with Gasteiger partial charge in [-0.3, -0.25) is 9.59 Å². The molecule has 0 saturated carbocycles. The fourth-order valence-electron chi connectivity index (χ4n) is 3.05. The lowest BCUT2D eigenvalue weighted by Gasteiger charge is -2.34. The van der Waals surface area contributed by atoms with Crippen molar-refractivity contribution in [2.75, 3.05) is 38.1 Å². The summed E-state index contributed by atoms with van der Waals surface area (Å²) >= 11 is 5.86. The second kappa shape index (κ2) is 9.43. The van der Waals surface area contributed by atoms with Crippen LogP contribution in [0, 0.1) is 0 Å². The Morgan fingerprint density at radius 3 is 2.24 bits per heavy atom. The predicted molar refractivity (Wildman–Crippen MR) is 110 cm³/mol. The van der Waals surface area contributed by atoms with E-state index in [0.717, 1.165) is 0 Å². The number of nitrogens with one attached hydrogen (secondary N) is 1. The molecule has 0 spiro atoms. The van der Waals surface area contributed by atoms with Crippen LogP contribution < -0.4 is 5.32 Å². The maximum atomic E-state index is 13.0. The van der Waals surface area contributed by atoms with Gasteiger partial charge in [0.1, 0.15) is 0 Å². The van der Waals surface area contributed by atoms with Gasteiger partial charge in [-0.25, -0.2) is 4.79 Å². The van der Waals surface area contributed by atoms with E-state index in [4.69, 9.17) is 16.3 Å². The Morgan fingerprint density at radius 2 is 1.59 bits per heavy atom. The van der Waals surface area contributed by atoms with Gasteiger partial charge >= 0.3 is 6.09 Å². The van der Waals surface area contributed by atoms with Crippen LogP contribution in [0.2, 0.25) is 5.02 Å². The Bertz CT molecular complexity index is 893. The zero-order chi connectivity index (χ0) is 20.8. The third-order valence-electron chi connectivity index (χ3n) is 4.60. The maximum absolute atomic E-state index is 13.0. The molecule has 152 valence electrons. The molecule has 0 aromatic heterocycles. The number of piperazine rings is 1. The van der Waals surface area contributed by atoms with Crippen LogP contribution in [0.15, 0.2) is 48.5 Å². The molecule has 0 bridgehead atoms. The van der Waals surface area contributed by atoms with Crippen LogP contribution in [-0.4, -0.2) is 60.5 Å². The van der Waals surface area contributed by atoms with Gasteiger partial charge < -0.3 is 19.9 Å². The molecule has 1 aliphatic rings. The minimum absolute atomic E-state index is 0.194. The number of amides is 3. The van der Waals surface area contributed by atoms with Crippen LogP contribution in [0.5, 0.6) is 0 Å². The Kier molecular flexibility index (Phi) is 6.72. The highest BCUT2D eigenvalue weighted by Crippen LogP contribution is 2.20. The second-order valence-electron chi connectivity index (χ2n) is 6.48. The molecule has 1 heterocycles. The average molecular weight is 416 g/mol. The Balaban J connectivity index is 1.68. The molecule has 0 radical (unpaired) electrons. The molecular weight excluding hydrogens is 394 g/mol. The molecule has 7 nitrogen and oxygen atoms in total. The summed E-state index contributed by atoms with van der Waals surface area (Å²) in [6.07, 6.45) is -0.366. The van der Waals surface area contributed by atoms with Crippen LogP contribution >= 0.6 is 11.6 Å². The van der Waals surface area contributed by atoms with Crippen LogP contribution in [-0.2, 0) is 4.74 Å². The molecule has 2 aromatic rings. The van der Waals surface area contributed by atoms with Crippen molar-refractivity contribution in [3.63, 3.8) is 0 Å². The van der Waals surface area contributed by atoms with Crippen LogP contribution in [0.1, 0.15) is 27.6 Å². The number of nitrogens with zero attached hydrogens (tertiary/aromatic N) is 2. The highest BCUT2D eigenvalue weighted by atomic mass is 35.5. The van der Waals surface area contributed by atoms with Gasteiger partial charge in [0.05, 0.1) is 17.9 Å². The van der Waals surface area contributed by atoms with Gasteiger partial charge in [0.25, 0.3) is 11.8 Å². The SMILES string of the molecule is CCOC(=O)N1CCN(C(=O)c2ccccc2NC(=O)c2ccc(Cl)cc2)CC1. The molecular formula is C21H22ClN3O4. The topological polar surface area (TPSA) is 79.0 Å². The first-order chi connectivity index (χ1) is 14.0. The number of para-hydroxylation sites is 1. The fourth-order valence-corrected chi connectivity index (χ4v) is 3.18. The fraction of sp³-hybridized carbons (Fsp3) is 0.286. The molecule has 3 rings (SSSR count). The quantitative estimate of drug-likeness (QED) is 0.828. The van der Waals surface area contributed by atoms with E-state index in [1.54, 1.807) is 65.3 Å². The van der Waals surface area contributed by atoms with Gasteiger partial charge in [0, 0.05) is 36.8 Å². The number of benzene rings is 2. The smallest absolute Gasteiger partial charge is 0.409 e. The first-order valence-corrected chi connectivity index (χ1v) is 9.74. The summed E-state index contributed by atoms with van der Waals surface area (Å²) < 4.78 is 5.00. The number of carbonyl (C=O) groups is 3. The number of anilines is 1. The monoisotopic (exact) mass is 415 g/mol. The Morgan fingerprint density at radius 1 is 0.966 bits per heavy atom. The lowest BCUT2D eigenvalue weighted by molar-refractivity contribution is 0.0571. The number of hydrogen-bond donors (Lipinski definition) is 1. The van der Waals surface area contributed by atoms with Crippen molar-refractivity contribution in [2.45, 2.75) is 6.92 Å². The van der Waals surface area contributed by atoms with Gasteiger partial charge in [0.2, 0.25) is 0 Å². The average Bonchev–Trinajstić information content (AvgIpc) is 2.74. The minimum Gasteiger partial charge on any atom is -0.450 e. The molecule has 1 N–H and O–H groups in total. The van der Waals surface area contributed by atoms with E-state index in [9.17, 15) is 14.4 Å². The molecule has 0 unspecified atom stereocenters. The molecule has 0 aliphatic carbocycles. The van der Waals surface area contributed by atoms with E-state index >= 15 is 0 Å². The van der Waals surface area contributed by atoms with Gasteiger partial charge in [0.15, 0.2) is 0 Å². The summed E-state index contributed by atoms with van der Waals surface area (Å²) in [5, 5.41) is 3.34. The minimum atomic E-state index is -0.366. The molecule has 1 saturated heterocycles. The van der Waals surface area contributed by atoms with Crippen LogP contribution in [0.3, 0.4) is 0 Å². The zero-order valence-electron chi connectivity index (χ0n) is 16.1. The maximum Gasteiger partial charge on any atom is 0.409 e. The number of halogens is 1. The van der Waals surface area contributed by atoms with Crippen LogP contribution in [0.25, 0.3) is 0 Å². The molecule has 1 aliphatic heterocycles. The van der Waals surface area contributed by atoms with E-state index in [2.05, 4.69) is 5.32 Å². The van der Waals surface area contributed by atoms with Crippen molar-refractivity contribution < 1.29 is 19.1 Å². The van der Waals surface area contributed by atoms with E-state index in [0.29, 0.717) is 54.6 Å². The van der Waals surface area contributed by atoms with Crippen molar-refractivity contribution in [3.05, 3.63) is 64.7 Å². The van der Waals surface area contributed by atoms with Gasteiger partial charge in [-0.2, -0.15) is 0 Å². The van der Waals surface area contributed by atoms with Gasteiger partial charge in [-0.1, -0.05) is 23.7 Å². The molecule has 2 aromatic carbocycles. The summed E-state index contributed by atoms with van der Waals surface area (Å²) in [4.78, 5) is 40.6. The second-order valence-corrected chi connectivity index (χ2v) is 6.92. The van der Waals surface area contributed by atoms with E-state index < -0.39 is 0 Å². The van der Waals surface area contributed by atoms with Gasteiger partial charge in [-0.05, 0) is 43.3 Å². The van der Waals surface area contributed by atoms with Crippen LogP contribution in [0.4, 0.5) is 10.5 Å². The molecule has 1 fully saturated rings. The molecule has 3 amide bonds. The molecule has 29 heavy (non-hydrogen) atoms. The summed E-state index contributed by atoms with van der Waals surface area (Å²) in [6, 6.07) is 13.4. The predicted octanol–water partition coefficient (Wildman–Crippen LogP) is 3.51. The number of ether oxygens (including phenoxy) is 1. The first-order valence-electron chi connectivity index (χ1n) is 9.36. The molecule has 0 atom stereocenters. The third kappa shape index (κ3) is 5.06. The molecule has 8 heteroatoms. The lowest BCUT2D eigenvalue weighted by atomic mass is 10.1. The van der Waals surface area contributed by atoms with Crippen molar-refractivity contribution in [1.82, 2.24) is 9.80 Å². The van der Waals surface area contributed by atoms with E-state index in [-0.39, 0.29) is 17.9 Å². The summed E-state index contributed by atoms with van der Waals surface area (Å²) in [5.41, 5.74) is 1.28. The summed E-state index contributed by atoms with van der Waals surface area (Å²) in [6.45, 7) is 3.69. The van der Waals surface area contributed by atoms with Gasteiger partial charge in [-0.15, -0.1) is 0 Å². The largest absolute Gasteiger partial charge is 0.450 e. The van der Waals surface area contributed by atoms with Crippen molar-refractivity contribution in [3.8, 4) is 0 Å². The first kappa shape index (κ1) is 20.7. The third-order valence-corrected chi connectivity index (χ3v) is 4.86. The summed E-state index contributed by atoms with van der Waals surface area (Å²) in [5.74, 6) is -0.519. The highest BCUT2D eigenvalue weighted by molar-refractivity contribution is 6.30. The van der Waals surface area contributed by atoms with E-state index in [1.165, 1.54) is 0 Å². The Labute approximate surface area is 174 Å². The highest BCUT2D eigenvalue weighted by Gasteiger charge is 2.26. The van der Waals surface area contributed by atoms with Crippen molar-refractivity contribution in [2.24, 2.45) is 0 Å². The number of hydrogen-bond acceptors (Lipinski definition) is 4. The zero-order valence-corrected chi connectivity index (χ0v) is 16.8. The normalized spacial score (nSPS) is 13.7. The Hall–Kier alpha value is -3.06. The van der Waals surface area contributed by atoms with Crippen molar-refractivity contribution in [1.29, 1.82) is 0 Å². The van der Waals surface area contributed by atoms with E-state index in [1.807, 2.05) is 0 Å². The summed E-state index contributed by atoms with van der Waals surface area (Å²) in [7, 11) is 0. The number of carbonyl (C=O) groups excluding carboxylic acids is 3. The van der Waals surface area contributed by atoms with Crippen molar-refractivity contribution >= 4 is 35.2 Å². The lowest BCUT2D eigenvalue weighted by Crippen LogP contribution is -2.50. The standard InChI is InChI=1S/C21H22ClN3O4/c1-2-29-21(28)25-13-11-24(12-14-25)20(27)17-5-3-4-6-18(17)23-19(26)15-7-9-16(22)10-8-15/h3-10H,2,11-14H2,1H3,(H,23,26). The number of rotatable bonds is 4.